The molecule has 2 heterocycles. The summed E-state index contributed by atoms with van der Waals surface area (Å²) in [6.07, 6.45) is 4.42. The molecule has 21 heavy (non-hydrogen) atoms. The van der Waals surface area contributed by atoms with Crippen LogP contribution in [-0.4, -0.2) is 37.9 Å². The molecule has 1 spiro atoms. The van der Waals surface area contributed by atoms with Gasteiger partial charge in [-0.3, -0.25) is 8.42 Å². The molecule has 0 N–H and O–H groups in total. The molecular weight excluding hydrogens is 308 g/mol. The Balaban J connectivity index is 1.68. The highest BCUT2D eigenvalue weighted by Crippen LogP contribution is 2.41. The number of fused-ring (bicyclic) bond motifs is 2. The minimum atomic E-state index is -1.24. The summed E-state index contributed by atoms with van der Waals surface area (Å²) in [5.41, 5.74) is 0. The van der Waals surface area contributed by atoms with E-state index in [1.54, 1.807) is 12.1 Å². The van der Waals surface area contributed by atoms with Crippen molar-refractivity contribution in [3.63, 3.8) is 0 Å². The van der Waals surface area contributed by atoms with E-state index in [2.05, 4.69) is 0 Å². The van der Waals surface area contributed by atoms with Crippen molar-refractivity contribution in [3.8, 4) is 0 Å². The van der Waals surface area contributed by atoms with E-state index >= 15 is 0 Å². The smallest absolute Gasteiger partial charge is 0.192 e. The van der Waals surface area contributed by atoms with Crippen molar-refractivity contribution >= 4 is 21.6 Å². The van der Waals surface area contributed by atoms with E-state index in [4.69, 9.17) is 9.47 Å². The predicted molar refractivity (Wildman–Crippen MR) is 79.9 cm³/mol. The minimum absolute atomic E-state index is 0.0777. The second kappa shape index (κ2) is 5.26. The first-order chi connectivity index (χ1) is 10.2. The molecule has 2 aliphatic heterocycles. The number of rotatable bonds is 0. The molecule has 4 atom stereocenters. The van der Waals surface area contributed by atoms with E-state index in [1.807, 2.05) is 12.1 Å². The van der Waals surface area contributed by atoms with Crippen molar-refractivity contribution in [2.75, 3.05) is 11.5 Å². The van der Waals surface area contributed by atoms with Crippen LogP contribution in [0.4, 0.5) is 0 Å². The molecule has 1 saturated heterocycles. The Labute approximate surface area is 129 Å². The average Bonchev–Trinajstić information content (AvgIpc) is 2.79. The molecule has 114 valence electrons. The fourth-order valence-electron chi connectivity index (χ4n) is 3.47. The van der Waals surface area contributed by atoms with Crippen molar-refractivity contribution in [1.82, 2.24) is 0 Å². The van der Waals surface area contributed by atoms with Crippen molar-refractivity contribution < 1.29 is 17.9 Å². The van der Waals surface area contributed by atoms with Crippen LogP contribution in [0, 0.1) is 0 Å². The van der Waals surface area contributed by atoms with Gasteiger partial charge in [-0.1, -0.05) is 25.0 Å². The van der Waals surface area contributed by atoms with Gasteiger partial charge in [0.15, 0.2) is 5.79 Å². The van der Waals surface area contributed by atoms with E-state index in [1.165, 1.54) is 0 Å². The standard InChI is InChI=1S/C15H18O4S2/c16-20-9-15(18-11-5-1-2-6-12(11)19-15)10-21(17)14-8-4-3-7-13(14)20/h3-4,7-8,11-12H,1-2,5-6,9-10H2/t11-,12+,20-,21-/m1/s1. The first kappa shape index (κ1) is 14.1. The maximum absolute atomic E-state index is 12.6. The van der Waals surface area contributed by atoms with Gasteiger partial charge in [-0.2, -0.15) is 0 Å². The Morgan fingerprint density at radius 3 is 1.86 bits per heavy atom. The van der Waals surface area contributed by atoms with Crippen molar-refractivity contribution in [1.29, 1.82) is 0 Å². The molecule has 4 nitrogen and oxygen atoms in total. The summed E-state index contributed by atoms with van der Waals surface area (Å²) in [4.78, 5) is 1.32. The first-order valence-corrected chi connectivity index (χ1v) is 10.0. The van der Waals surface area contributed by atoms with Gasteiger partial charge in [-0.25, -0.2) is 0 Å². The lowest BCUT2D eigenvalue weighted by Crippen LogP contribution is -2.41. The lowest BCUT2D eigenvalue weighted by Gasteiger charge is -2.25. The zero-order valence-corrected chi connectivity index (χ0v) is 13.3. The van der Waals surface area contributed by atoms with E-state index in [9.17, 15) is 8.42 Å². The summed E-state index contributed by atoms with van der Waals surface area (Å²) >= 11 is 0. The van der Waals surface area contributed by atoms with Crippen molar-refractivity contribution in [3.05, 3.63) is 24.3 Å². The van der Waals surface area contributed by atoms with Gasteiger partial charge in [-0.15, -0.1) is 0 Å². The summed E-state index contributed by atoms with van der Waals surface area (Å²) in [6, 6.07) is 7.26. The van der Waals surface area contributed by atoms with E-state index in [0.717, 1.165) is 25.7 Å². The molecule has 0 unspecified atom stereocenters. The number of hydrogen-bond donors (Lipinski definition) is 0. The second-order valence-electron chi connectivity index (χ2n) is 5.93. The molecule has 4 rings (SSSR count). The molecule has 1 aliphatic carbocycles. The van der Waals surface area contributed by atoms with Crippen LogP contribution < -0.4 is 0 Å². The predicted octanol–water partition coefficient (Wildman–Crippen LogP) is 1.97. The molecule has 2 fully saturated rings. The average molecular weight is 326 g/mol. The van der Waals surface area contributed by atoms with Crippen LogP contribution in [0.15, 0.2) is 34.1 Å². The highest BCUT2D eigenvalue weighted by atomic mass is 32.2. The third-order valence-corrected chi connectivity index (χ3v) is 7.64. The Morgan fingerprint density at radius 2 is 1.38 bits per heavy atom. The normalized spacial score (nSPS) is 37.7. The topological polar surface area (TPSA) is 52.6 Å². The molecule has 1 saturated carbocycles. The summed E-state index contributed by atoms with van der Waals surface area (Å²) < 4.78 is 37.5. The number of benzene rings is 1. The van der Waals surface area contributed by atoms with Gasteiger partial charge in [0.25, 0.3) is 0 Å². The van der Waals surface area contributed by atoms with E-state index in [-0.39, 0.29) is 23.7 Å². The van der Waals surface area contributed by atoms with E-state index in [0.29, 0.717) is 9.79 Å². The van der Waals surface area contributed by atoms with Gasteiger partial charge in [0.05, 0.1) is 55.1 Å². The van der Waals surface area contributed by atoms with Crippen LogP contribution in [0.2, 0.25) is 0 Å². The fraction of sp³-hybridized carbons (Fsp3) is 0.600. The fourth-order valence-corrected chi connectivity index (χ4v) is 6.79. The third kappa shape index (κ3) is 2.42. The molecular formula is C15H18O4S2. The molecule has 0 bridgehead atoms. The maximum Gasteiger partial charge on any atom is 0.192 e. The monoisotopic (exact) mass is 326 g/mol. The molecule has 1 aromatic carbocycles. The number of hydrogen-bond acceptors (Lipinski definition) is 4. The number of ether oxygens (including phenoxy) is 2. The van der Waals surface area contributed by atoms with Crippen molar-refractivity contribution in [2.24, 2.45) is 0 Å². The Hall–Kier alpha value is -0.560. The summed E-state index contributed by atoms with van der Waals surface area (Å²) in [5, 5.41) is 0. The van der Waals surface area contributed by atoms with Gasteiger partial charge in [0, 0.05) is 0 Å². The molecule has 3 aliphatic rings. The maximum atomic E-state index is 12.6. The van der Waals surface area contributed by atoms with Crippen LogP contribution >= 0.6 is 0 Å². The Kier molecular flexibility index (Phi) is 3.52. The highest BCUT2D eigenvalue weighted by molar-refractivity contribution is 7.89. The van der Waals surface area contributed by atoms with Gasteiger partial charge in [0.2, 0.25) is 0 Å². The van der Waals surface area contributed by atoms with Crippen LogP contribution in [0.5, 0.6) is 0 Å². The molecule has 0 aromatic heterocycles. The van der Waals surface area contributed by atoms with Crippen LogP contribution in [-0.2, 0) is 31.1 Å². The quantitative estimate of drug-likeness (QED) is 0.731. The lowest BCUT2D eigenvalue weighted by atomic mass is 9.95. The lowest BCUT2D eigenvalue weighted by molar-refractivity contribution is -0.138. The molecule has 1 aromatic rings. The van der Waals surface area contributed by atoms with Gasteiger partial charge in [-0.05, 0) is 25.0 Å². The van der Waals surface area contributed by atoms with Gasteiger partial charge in [0.1, 0.15) is 0 Å². The van der Waals surface area contributed by atoms with Crippen LogP contribution in [0.25, 0.3) is 0 Å². The molecule has 0 amide bonds. The molecule has 0 radical (unpaired) electrons. The highest BCUT2D eigenvalue weighted by Gasteiger charge is 2.51. The van der Waals surface area contributed by atoms with Crippen molar-refractivity contribution in [2.45, 2.75) is 53.5 Å². The minimum Gasteiger partial charge on any atom is -0.342 e. The first-order valence-electron chi connectivity index (χ1n) is 7.38. The zero-order chi connectivity index (χ0) is 14.4. The summed E-state index contributed by atoms with van der Waals surface area (Å²) in [6.45, 7) is 0. The second-order valence-corrected chi connectivity index (χ2v) is 8.77. The van der Waals surface area contributed by atoms with Crippen LogP contribution in [0.3, 0.4) is 0 Å². The summed E-state index contributed by atoms with van der Waals surface area (Å²) in [5.74, 6) is -0.375. The zero-order valence-electron chi connectivity index (χ0n) is 11.7. The Bertz CT molecular complexity index is 562. The molecule has 6 heteroatoms. The summed E-state index contributed by atoms with van der Waals surface area (Å²) in [7, 11) is -2.48. The Morgan fingerprint density at radius 1 is 0.905 bits per heavy atom. The third-order valence-electron chi connectivity index (χ3n) is 4.42. The van der Waals surface area contributed by atoms with E-state index < -0.39 is 27.4 Å². The van der Waals surface area contributed by atoms with Gasteiger partial charge < -0.3 is 9.47 Å². The SMILES string of the molecule is O=[S@@]1CC2(C[S@@](=O)c3ccccc31)O[C@H]1CCCC[C@H]1O2. The largest absolute Gasteiger partial charge is 0.342 e. The van der Waals surface area contributed by atoms with Gasteiger partial charge >= 0.3 is 0 Å². The van der Waals surface area contributed by atoms with Crippen LogP contribution in [0.1, 0.15) is 25.7 Å².